The average Bonchev–Trinajstić information content (AvgIpc) is 3.20. The number of benzene rings is 1. The first-order valence-electron chi connectivity index (χ1n) is 6.52. The molecular formula is C15H18N2O. The Morgan fingerprint density at radius 3 is 2.83 bits per heavy atom. The van der Waals surface area contributed by atoms with E-state index in [9.17, 15) is 0 Å². The van der Waals surface area contributed by atoms with Gasteiger partial charge in [0.1, 0.15) is 11.3 Å². The zero-order valence-electron chi connectivity index (χ0n) is 10.6. The SMILES string of the molecule is CCOc1ccc(C2(CN)CC2)c2cccnc12. The van der Waals surface area contributed by atoms with Crippen molar-refractivity contribution in [1.82, 2.24) is 4.98 Å². The van der Waals surface area contributed by atoms with Gasteiger partial charge in [-0.15, -0.1) is 0 Å². The Balaban J connectivity index is 2.20. The molecule has 18 heavy (non-hydrogen) atoms. The summed E-state index contributed by atoms with van der Waals surface area (Å²) in [5.74, 6) is 0.865. The second-order valence-electron chi connectivity index (χ2n) is 4.93. The zero-order chi connectivity index (χ0) is 12.6. The largest absolute Gasteiger partial charge is 0.492 e. The van der Waals surface area contributed by atoms with Crippen LogP contribution in [0.5, 0.6) is 5.75 Å². The zero-order valence-corrected chi connectivity index (χ0v) is 10.6. The van der Waals surface area contributed by atoms with Gasteiger partial charge in [-0.3, -0.25) is 4.98 Å². The summed E-state index contributed by atoms with van der Waals surface area (Å²) >= 11 is 0. The first-order chi connectivity index (χ1) is 8.80. The van der Waals surface area contributed by atoms with E-state index in [0.717, 1.165) is 11.3 Å². The van der Waals surface area contributed by atoms with Crippen LogP contribution in [0.3, 0.4) is 0 Å². The van der Waals surface area contributed by atoms with Crippen molar-refractivity contribution in [3.63, 3.8) is 0 Å². The van der Waals surface area contributed by atoms with Gasteiger partial charge in [0.05, 0.1) is 6.61 Å². The highest BCUT2D eigenvalue weighted by molar-refractivity contribution is 5.88. The molecule has 0 unspecified atom stereocenters. The van der Waals surface area contributed by atoms with Crippen molar-refractivity contribution in [3.8, 4) is 5.75 Å². The van der Waals surface area contributed by atoms with Crippen LogP contribution < -0.4 is 10.5 Å². The smallest absolute Gasteiger partial charge is 0.145 e. The van der Waals surface area contributed by atoms with Gasteiger partial charge < -0.3 is 10.5 Å². The molecule has 0 amide bonds. The van der Waals surface area contributed by atoms with E-state index in [1.807, 2.05) is 25.3 Å². The van der Waals surface area contributed by atoms with Crippen LogP contribution in [0.15, 0.2) is 30.5 Å². The van der Waals surface area contributed by atoms with Crippen LogP contribution in [-0.2, 0) is 5.41 Å². The topological polar surface area (TPSA) is 48.1 Å². The normalized spacial score (nSPS) is 16.8. The molecule has 0 saturated heterocycles. The number of hydrogen-bond donors (Lipinski definition) is 1. The van der Waals surface area contributed by atoms with Gasteiger partial charge in [-0.05, 0) is 37.5 Å². The van der Waals surface area contributed by atoms with Crippen LogP contribution in [0.2, 0.25) is 0 Å². The van der Waals surface area contributed by atoms with Crippen LogP contribution in [0.1, 0.15) is 25.3 Å². The second kappa shape index (κ2) is 4.25. The minimum atomic E-state index is 0.187. The molecule has 3 nitrogen and oxygen atoms in total. The molecule has 1 fully saturated rings. The highest BCUT2D eigenvalue weighted by Crippen LogP contribution is 2.50. The van der Waals surface area contributed by atoms with Crippen molar-refractivity contribution in [2.24, 2.45) is 5.73 Å². The third-order valence-corrected chi connectivity index (χ3v) is 3.85. The number of rotatable bonds is 4. The Hall–Kier alpha value is -1.61. The van der Waals surface area contributed by atoms with Crippen LogP contribution >= 0.6 is 0 Å². The van der Waals surface area contributed by atoms with Gasteiger partial charge in [-0.2, -0.15) is 0 Å². The predicted octanol–water partition coefficient (Wildman–Crippen LogP) is 2.62. The minimum absolute atomic E-state index is 0.187. The summed E-state index contributed by atoms with van der Waals surface area (Å²) in [6, 6.07) is 8.29. The van der Waals surface area contributed by atoms with Crippen molar-refractivity contribution < 1.29 is 4.74 Å². The molecule has 94 valence electrons. The van der Waals surface area contributed by atoms with Gasteiger partial charge in [0.25, 0.3) is 0 Å². The van der Waals surface area contributed by atoms with E-state index >= 15 is 0 Å². The Morgan fingerprint density at radius 2 is 2.17 bits per heavy atom. The lowest BCUT2D eigenvalue weighted by Crippen LogP contribution is -2.20. The van der Waals surface area contributed by atoms with Crippen LogP contribution in [0.25, 0.3) is 10.9 Å². The first-order valence-corrected chi connectivity index (χ1v) is 6.52. The fourth-order valence-electron chi connectivity index (χ4n) is 2.62. The van der Waals surface area contributed by atoms with Crippen molar-refractivity contribution in [3.05, 3.63) is 36.0 Å². The molecule has 1 aromatic heterocycles. The fourth-order valence-corrected chi connectivity index (χ4v) is 2.62. The molecule has 3 rings (SSSR count). The number of nitrogens with two attached hydrogens (primary N) is 1. The molecule has 0 spiro atoms. The van der Waals surface area contributed by atoms with Crippen molar-refractivity contribution in [2.75, 3.05) is 13.2 Å². The van der Waals surface area contributed by atoms with Crippen molar-refractivity contribution in [1.29, 1.82) is 0 Å². The van der Waals surface area contributed by atoms with Crippen molar-refractivity contribution in [2.45, 2.75) is 25.2 Å². The lowest BCUT2D eigenvalue weighted by molar-refractivity contribution is 0.343. The van der Waals surface area contributed by atoms with E-state index in [0.29, 0.717) is 13.2 Å². The highest BCUT2D eigenvalue weighted by Gasteiger charge is 2.44. The molecule has 1 aliphatic carbocycles. The predicted molar refractivity (Wildman–Crippen MR) is 72.9 cm³/mol. The summed E-state index contributed by atoms with van der Waals surface area (Å²) in [5.41, 5.74) is 8.41. The van der Waals surface area contributed by atoms with Crippen molar-refractivity contribution >= 4 is 10.9 Å². The Morgan fingerprint density at radius 1 is 1.33 bits per heavy atom. The summed E-state index contributed by atoms with van der Waals surface area (Å²) in [4.78, 5) is 4.47. The van der Waals surface area contributed by atoms with Gasteiger partial charge in [-0.1, -0.05) is 12.1 Å². The fraction of sp³-hybridized carbons (Fsp3) is 0.400. The van der Waals surface area contributed by atoms with E-state index in [-0.39, 0.29) is 5.41 Å². The number of ether oxygens (including phenoxy) is 1. The number of nitrogens with zero attached hydrogens (tertiary/aromatic N) is 1. The van der Waals surface area contributed by atoms with Gasteiger partial charge >= 0.3 is 0 Å². The summed E-state index contributed by atoms with van der Waals surface area (Å²) < 4.78 is 5.65. The molecule has 3 heteroatoms. The Labute approximate surface area is 107 Å². The molecular weight excluding hydrogens is 224 g/mol. The maximum atomic E-state index is 5.94. The molecule has 1 aromatic carbocycles. The van der Waals surface area contributed by atoms with Gasteiger partial charge in [0.15, 0.2) is 0 Å². The quantitative estimate of drug-likeness (QED) is 0.896. The van der Waals surface area contributed by atoms with Gasteiger partial charge in [0.2, 0.25) is 0 Å². The van der Waals surface area contributed by atoms with E-state index < -0.39 is 0 Å². The maximum Gasteiger partial charge on any atom is 0.145 e. The molecule has 1 aliphatic rings. The summed E-state index contributed by atoms with van der Waals surface area (Å²) in [6.45, 7) is 3.36. The second-order valence-corrected chi connectivity index (χ2v) is 4.93. The lowest BCUT2D eigenvalue weighted by Gasteiger charge is -2.17. The van der Waals surface area contributed by atoms with Crippen LogP contribution in [0, 0.1) is 0 Å². The van der Waals surface area contributed by atoms with E-state index in [2.05, 4.69) is 17.1 Å². The molecule has 0 aliphatic heterocycles. The van der Waals surface area contributed by atoms with Crippen LogP contribution in [0.4, 0.5) is 0 Å². The van der Waals surface area contributed by atoms with Crippen LogP contribution in [-0.4, -0.2) is 18.1 Å². The van der Waals surface area contributed by atoms with E-state index in [1.165, 1.54) is 23.8 Å². The summed E-state index contributed by atoms with van der Waals surface area (Å²) in [6.07, 6.45) is 4.18. The Bertz CT molecular complexity index is 576. The third kappa shape index (κ3) is 1.66. The first kappa shape index (κ1) is 11.5. The average molecular weight is 242 g/mol. The number of fused-ring (bicyclic) bond motifs is 1. The monoisotopic (exact) mass is 242 g/mol. The van der Waals surface area contributed by atoms with Gasteiger partial charge in [0, 0.05) is 23.5 Å². The number of aromatic nitrogens is 1. The molecule has 2 aromatic rings. The molecule has 1 saturated carbocycles. The maximum absolute atomic E-state index is 5.94. The minimum Gasteiger partial charge on any atom is -0.492 e. The lowest BCUT2D eigenvalue weighted by atomic mass is 9.92. The highest BCUT2D eigenvalue weighted by atomic mass is 16.5. The van der Waals surface area contributed by atoms with E-state index in [1.54, 1.807) is 0 Å². The molecule has 0 atom stereocenters. The van der Waals surface area contributed by atoms with Gasteiger partial charge in [-0.25, -0.2) is 0 Å². The summed E-state index contributed by atoms with van der Waals surface area (Å²) in [5, 5.41) is 1.19. The summed E-state index contributed by atoms with van der Waals surface area (Å²) in [7, 11) is 0. The van der Waals surface area contributed by atoms with E-state index in [4.69, 9.17) is 10.5 Å². The third-order valence-electron chi connectivity index (χ3n) is 3.85. The number of pyridine rings is 1. The Kier molecular flexibility index (Phi) is 2.71. The standard InChI is InChI=1S/C15H18N2O/c1-2-18-13-6-5-12(15(10-16)7-8-15)11-4-3-9-17-14(11)13/h3-6,9H,2,7-8,10,16H2,1H3. The molecule has 0 bridgehead atoms. The molecule has 0 radical (unpaired) electrons. The molecule has 1 heterocycles. The number of hydrogen-bond acceptors (Lipinski definition) is 3. The molecule has 2 N–H and O–H groups in total.